The van der Waals surface area contributed by atoms with Crippen molar-refractivity contribution in [1.29, 1.82) is 5.26 Å². The molecule has 7 heteroatoms. The molecule has 0 amide bonds. The summed E-state index contributed by atoms with van der Waals surface area (Å²) in [5.74, 6) is 0.775. The third-order valence-electron chi connectivity index (χ3n) is 5.25. The van der Waals surface area contributed by atoms with E-state index < -0.39 is 11.9 Å². The zero-order valence-electron chi connectivity index (χ0n) is 19.6. The summed E-state index contributed by atoms with van der Waals surface area (Å²) in [7, 11) is 1.57. The Morgan fingerprint density at radius 3 is 2.65 bits per heavy atom. The second-order valence-electron chi connectivity index (χ2n) is 7.46. The van der Waals surface area contributed by atoms with Gasteiger partial charge in [0.05, 0.1) is 35.3 Å². The summed E-state index contributed by atoms with van der Waals surface area (Å²) in [6.45, 7) is 7.91. The monoisotopic (exact) mass is 476 g/mol. The van der Waals surface area contributed by atoms with Crippen LogP contribution in [-0.2, 0) is 16.1 Å². The standard InChI is InChI=1S/C27H28N2O4S/c1-5-14-32-27(30)24-18(3)29-26(34-6-2)21(16-28)25(24)20-12-13-22(23(15-20)31-4)33-17-19-10-8-7-9-11-19/h5,7-13,15,25,29H,1,6,14,17H2,2-4H3. The van der Waals surface area contributed by atoms with E-state index >= 15 is 0 Å². The molecule has 3 rings (SSSR count). The number of esters is 1. The molecule has 1 aliphatic rings. The number of methoxy groups -OCH3 is 1. The second-order valence-corrected chi connectivity index (χ2v) is 8.73. The van der Waals surface area contributed by atoms with Crippen LogP contribution >= 0.6 is 11.8 Å². The molecule has 1 N–H and O–H groups in total. The van der Waals surface area contributed by atoms with Crippen LogP contribution in [-0.4, -0.2) is 25.4 Å². The summed E-state index contributed by atoms with van der Waals surface area (Å²) in [6, 6.07) is 17.6. The minimum Gasteiger partial charge on any atom is -0.493 e. The molecule has 1 heterocycles. The lowest BCUT2D eigenvalue weighted by Gasteiger charge is -2.29. The molecule has 0 saturated carbocycles. The van der Waals surface area contributed by atoms with Crippen LogP contribution in [0.3, 0.4) is 0 Å². The molecule has 0 fully saturated rings. The number of thioether (sulfide) groups is 1. The first-order valence-corrected chi connectivity index (χ1v) is 11.9. The van der Waals surface area contributed by atoms with Crippen LogP contribution in [0.25, 0.3) is 0 Å². The lowest BCUT2D eigenvalue weighted by atomic mass is 9.82. The SMILES string of the molecule is C=CCOC(=O)C1=C(C)NC(SCC)=C(C#N)C1c1ccc(OCc2ccccc2)c(OC)c1. The first-order valence-electron chi connectivity index (χ1n) is 10.9. The quantitative estimate of drug-likeness (QED) is 0.361. The van der Waals surface area contributed by atoms with Gasteiger partial charge in [-0.1, -0.05) is 56.0 Å². The Morgan fingerprint density at radius 2 is 2.00 bits per heavy atom. The maximum absolute atomic E-state index is 13.0. The second kappa shape index (κ2) is 12.0. The maximum Gasteiger partial charge on any atom is 0.337 e. The normalized spacial score (nSPS) is 15.3. The van der Waals surface area contributed by atoms with Crippen LogP contribution in [0.1, 0.15) is 30.9 Å². The van der Waals surface area contributed by atoms with E-state index in [2.05, 4.69) is 18.0 Å². The molecule has 0 spiro atoms. The zero-order valence-corrected chi connectivity index (χ0v) is 20.4. The minimum absolute atomic E-state index is 0.0834. The fourth-order valence-electron chi connectivity index (χ4n) is 3.71. The molecular weight excluding hydrogens is 448 g/mol. The summed E-state index contributed by atoms with van der Waals surface area (Å²) in [6.07, 6.45) is 1.51. The minimum atomic E-state index is -0.602. The number of rotatable bonds is 10. The molecule has 0 aromatic heterocycles. The highest BCUT2D eigenvalue weighted by atomic mass is 32.2. The highest BCUT2D eigenvalue weighted by Crippen LogP contribution is 2.43. The number of carbonyl (C=O) groups is 1. The fraction of sp³-hybridized carbons (Fsp3) is 0.259. The summed E-state index contributed by atoms with van der Waals surface area (Å²) in [5, 5.41) is 14.0. The number of carbonyl (C=O) groups excluding carboxylic acids is 1. The zero-order chi connectivity index (χ0) is 24.5. The van der Waals surface area contributed by atoms with Crippen molar-refractivity contribution < 1.29 is 19.0 Å². The Hall–Kier alpha value is -3.63. The number of ether oxygens (including phenoxy) is 3. The predicted molar refractivity (Wildman–Crippen MR) is 134 cm³/mol. The molecule has 2 aromatic carbocycles. The van der Waals surface area contributed by atoms with Crippen LogP contribution in [0, 0.1) is 11.3 Å². The molecule has 0 radical (unpaired) electrons. The van der Waals surface area contributed by atoms with Crippen LogP contribution < -0.4 is 14.8 Å². The Bertz CT molecular complexity index is 1150. The van der Waals surface area contributed by atoms with E-state index in [4.69, 9.17) is 14.2 Å². The van der Waals surface area contributed by atoms with Crippen molar-refractivity contribution in [3.8, 4) is 17.6 Å². The number of benzene rings is 2. The molecule has 2 aromatic rings. The van der Waals surface area contributed by atoms with Crippen molar-refractivity contribution in [3.63, 3.8) is 0 Å². The summed E-state index contributed by atoms with van der Waals surface area (Å²) in [4.78, 5) is 13.0. The molecule has 0 saturated heterocycles. The van der Waals surface area contributed by atoms with Crippen molar-refractivity contribution in [2.24, 2.45) is 0 Å². The van der Waals surface area contributed by atoms with Crippen molar-refractivity contribution >= 4 is 17.7 Å². The molecule has 1 unspecified atom stereocenters. The van der Waals surface area contributed by atoms with Crippen molar-refractivity contribution in [2.45, 2.75) is 26.4 Å². The van der Waals surface area contributed by atoms with Gasteiger partial charge in [-0.25, -0.2) is 4.79 Å². The van der Waals surface area contributed by atoms with Gasteiger partial charge in [-0.2, -0.15) is 5.26 Å². The van der Waals surface area contributed by atoms with Crippen LogP contribution in [0.4, 0.5) is 0 Å². The van der Waals surface area contributed by atoms with Gasteiger partial charge < -0.3 is 19.5 Å². The Balaban J connectivity index is 2.02. The van der Waals surface area contributed by atoms with E-state index in [0.717, 1.165) is 21.9 Å². The van der Waals surface area contributed by atoms with Gasteiger partial charge in [-0.05, 0) is 35.9 Å². The highest BCUT2D eigenvalue weighted by Gasteiger charge is 2.35. The number of hydrogen-bond donors (Lipinski definition) is 1. The van der Waals surface area contributed by atoms with Crippen LogP contribution in [0.15, 0.2) is 83.1 Å². The van der Waals surface area contributed by atoms with Gasteiger partial charge >= 0.3 is 5.97 Å². The van der Waals surface area contributed by atoms with Gasteiger partial charge in [0.1, 0.15) is 13.2 Å². The summed E-state index contributed by atoms with van der Waals surface area (Å²) in [5.41, 5.74) is 3.27. The van der Waals surface area contributed by atoms with Crippen LogP contribution in [0.2, 0.25) is 0 Å². The Labute approximate surface area is 204 Å². The van der Waals surface area contributed by atoms with Gasteiger partial charge in [0, 0.05) is 5.70 Å². The molecule has 6 nitrogen and oxygen atoms in total. The van der Waals surface area contributed by atoms with E-state index in [-0.39, 0.29) is 6.61 Å². The third-order valence-corrected chi connectivity index (χ3v) is 6.15. The maximum atomic E-state index is 13.0. The average molecular weight is 477 g/mol. The molecule has 1 atom stereocenters. The van der Waals surface area contributed by atoms with Crippen molar-refractivity contribution in [1.82, 2.24) is 5.32 Å². The van der Waals surface area contributed by atoms with Gasteiger partial charge in [-0.15, -0.1) is 11.8 Å². The molecule has 1 aliphatic heterocycles. The predicted octanol–water partition coefficient (Wildman–Crippen LogP) is 5.45. The van der Waals surface area contributed by atoms with Gasteiger partial charge in [0.15, 0.2) is 11.5 Å². The average Bonchev–Trinajstić information content (AvgIpc) is 2.86. The lowest BCUT2D eigenvalue weighted by molar-refractivity contribution is -0.138. The van der Waals surface area contributed by atoms with Crippen molar-refractivity contribution in [3.05, 3.63) is 94.2 Å². The van der Waals surface area contributed by atoms with E-state index in [9.17, 15) is 10.1 Å². The number of hydrogen-bond acceptors (Lipinski definition) is 7. The third kappa shape index (κ3) is 5.64. The highest BCUT2D eigenvalue weighted by molar-refractivity contribution is 8.03. The topological polar surface area (TPSA) is 80.6 Å². The first kappa shape index (κ1) is 25.0. The van der Waals surface area contributed by atoms with E-state index in [1.54, 1.807) is 7.11 Å². The molecule has 34 heavy (non-hydrogen) atoms. The molecular formula is C27H28N2O4S. The van der Waals surface area contributed by atoms with Crippen molar-refractivity contribution in [2.75, 3.05) is 19.5 Å². The van der Waals surface area contributed by atoms with E-state index in [1.807, 2.05) is 62.4 Å². The van der Waals surface area contributed by atoms with E-state index in [0.29, 0.717) is 34.9 Å². The van der Waals surface area contributed by atoms with Gasteiger partial charge in [0.25, 0.3) is 0 Å². The molecule has 0 bridgehead atoms. The number of nitriles is 1. The lowest BCUT2D eigenvalue weighted by Crippen LogP contribution is -2.29. The van der Waals surface area contributed by atoms with Gasteiger partial charge in [0.2, 0.25) is 0 Å². The fourth-order valence-corrected chi connectivity index (χ4v) is 4.54. The number of nitrogens with zero attached hydrogens (tertiary/aromatic N) is 1. The summed E-state index contributed by atoms with van der Waals surface area (Å²) < 4.78 is 16.9. The number of nitrogens with one attached hydrogen (secondary N) is 1. The number of dihydropyridines is 1. The van der Waals surface area contributed by atoms with E-state index in [1.165, 1.54) is 17.8 Å². The molecule has 0 aliphatic carbocycles. The van der Waals surface area contributed by atoms with Gasteiger partial charge in [-0.3, -0.25) is 0 Å². The molecule has 176 valence electrons. The Kier molecular flexibility index (Phi) is 8.83. The largest absolute Gasteiger partial charge is 0.493 e. The first-order chi connectivity index (χ1) is 16.5. The number of allylic oxidation sites excluding steroid dienone is 2. The summed E-state index contributed by atoms with van der Waals surface area (Å²) >= 11 is 1.53. The smallest absolute Gasteiger partial charge is 0.337 e. The Morgan fingerprint density at radius 1 is 1.24 bits per heavy atom. The van der Waals surface area contributed by atoms with Crippen LogP contribution in [0.5, 0.6) is 11.5 Å².